The number of furan rings is 1. The third-order valence-electron chi connectivity index (χ3n) is 4.34. The molecule has 0 bridgehead atoms. The molecule has 0 saturated carbocycles. The van der Waals surface area contributed by atoms with Crippen molar-refractivity contribution in [3.05, 3.63) is 64.4 Å². The number of aromatic nitrogens is 2. The van der Waals surface area contributed by atoms with Crippen LogP contribution in [0.3, 0.4) is 0 Å². The molecule has 0 aliphatic rings. The molecule has 0 N–H and O–H groups in total. The monoisotopic (exact) mass is 412 g/mol. The molecule has 0 saturated heterocycles. The van der Waals surface area contributed by atoms with E-state index < -0.39 is 4.92 Å². The molecular formula is C21H24N4O5. The molecule has 0 spiro atoms. The summed E-state index contributed by atoms with van der Waals surface area (Å²) in [5, 5.41) is 14.9. The highest BCUT2D eigenvalue weighted by Gasteiger charge is 2.23. The van der Waals surface area contributed by atoms with Crippen LogP contribution in [-0.2, 0) is 17.8 Å². The van der Waals surface area contributed by atoms with Crippen molar-refractivity contribution in [3.63, 3.8) is 0 Å². The molecule has 0 atom stereocenters. The lowest BCUT2D eigenvalue weighted by atomic mass is 9.91. The zero-order valence-corrected chi connectivity index (χ0v) is 17.2. The Hall–Kier alpha value is -3.49. The molecule has 0 unspecified atom stereocenters. The third-order valence-corrected chi connectivity index (χ3v) is 4.34. The number of rotatable bonds is 8. The lowest BCUT2D eigenvalue weighted by Gasteiger charge is -2.25. The molecule has 158 valence electrons. The first kappa shape index (κ1) is 21.2. The molecule has 9 heteroatoms. The van der Waals surface area contributed by atoms with Gasteiger partial charge in [0.1, 0.15) is 5.76 Å². The molecule has 0 aliphatic heterocycles. The van der Waals surface area contributed by atoms with Gasteiger partial charge >= 0.3 is 0 Å². The van der Waals surface area contributed by atoms with Gasteiger partial charge in [-0.3, -0.25) is 14.9 Å². The number of nitro groups is 1. The number of hydrogen-bond donors (Lipinski definition) is 0. The van der Waals surface area contributed by atoms with Crippen LogP contribution in [0, 0.1) is 15.5 Å². The van der Waals surface area contributed by atoms with Crippen molar-refractivity contribution in [1.82, 2.24) is 15.0 Å². The van der Waals surface area contributed by atoms with Crippen LogP contribution >= 0.6 is 0 Å². The number of nitrogens with zero attached hydrogens (tertiary/aromatic N) is 4. The highest BCUT2D eigenvalue weighted by molar-refractivity contribution is 5.76. The topological polar surface area (TPSA) is 116 Å². The van der Waals surface area contributed by atoms with Gasteiger partial charge in [0.15, 0.2) is 0 Å². The molecule has 2 heterocycles. The van der Waals surface area contributed by atoms with Crippen LogP contribution in [0.25, 0.3) is 11.4 Å². The van der Waals surface area contributed by atoms with E-state index in [0.717, 1.165) is 0 Å². The molecule has 30 heavy (non-hydrogen) atoms. The van der Waals surface area contributed by atoms with Crippen LogP contribution in [0.4, 0.5) is 5.69 Å². The average molecular weight is 412 g/mol. The molecule has 3 aromatic rings. The molecule has 9 nitrogen and oxygen atoms in total. The third kappa shape index (κ3) is 5.76. The van der Waals surface area contributed by atoms with E-state index in [0.29, 0.717) is 43.1 Å². The number of nitro benzene ring substituents is 1. The molecular weight excluding hydrogens is 388 g/mol. The maximum absolute atomic E-state index is 12.8. The Kier molecular flexibility index (Phi) is 6.29. The second-order valence-corrected chi connectivity index (χ2v) is 8.20. The van der Waals surface area contributed by atoms with Gasteiger partial charge in [-0.15, -0.1) is 0 Å². The summed E-state index contributed by atoms with van der Waals surface area (Å²) in [5.41, 5.74) is 0.310. The van der Waals surface area contributed by atoms with Gasteiger partial charge in [-0.2, -0.15) is 4.98 Å². The van der Waals surface area contributed by atoms with Gasteiger partial charge in [0.25, 0.3) is 5.69 Å². The maximum atomic E-state index is 12.8. The molecule has 0 aliphatic carbocycles. The number of hydrogen-bond acceptors (Lipinski definition) is 7. The Morgan fingerprint density at radius 1 is 1.23 bits per heavy atom. The van der Waals surface area contributed by atoms with Crippen molar-refractivity contribution in [2.24, 2.45) is 5.41 Å². The predicted molar refractivity (Wildman–Crippen MR) is 108 cm³/mol. The van der Waals surface area contributed by atoms with Gasteiger partial charge in [-0.1, -0.05) is 38.1 Å². The van der Waals surface area contributed by atoms with Crippen molar-refractivity contribution in [1.29, 1.82) is 0 Å². The fourth-order valence-corrected chi connectivity index (χ4v) is 2.91. The van der Waals surface area contributed by atoms with Gasteiger partial charge in [-0.05, 0) is 17.5 Å². The average Bonchev–Trinajstić information content (AvgIpc) is 3.35. The summed E-state index contributed by atoms with van der Waals surface area (Å²) >= 11 is 0. The molecule has 2 aromatic heterocycles. The SMILES string of the molecule is CC(C)(C)CC(=O)N(CCc1nc(-c2cccc([N+](=O)[O-])c2)no1)Cc1ccco1. The highest BCUT2D eigenvalue weighted by Crippen LogP contribution is 2.23. The first-order valence-corrected chi connectivity index (χ1v) is 9.59. The standard InChI is InChI=1S/C21H24N4O5/c1-21(2,3)13-19(26)24(14-17-8-5-11-29-17)10-9-18-22-20(23-30-18)15-6-4-7-16(12-15)25(27)28/h4-8,11-12H,9-10,13-14H2,1-3H3. The van der Waals surface area contributed by atoms with Gasteiger partial charge in [-0.25, -0.2) is 0 Å². The molecule has 1 amide bonds. The second kappa shape index (κ2) is 8.89. The minimum Gasteiger partial charge on any atom is -0.467 e. The van der Waals surface area contributed by atoms with E-state index in [4.69, 9.17) is 8.94 Å². The van der Waals surface area contributed by atoms with Crippen molar-refractivity contribution in [2.45, 2.75) is 40.2 Å². The summed E-state index contributed by atoms with van der Waals surface area (Å²) in [4.78, 5) is 29.3. The van der Waals surface area contributed by atoms with E-state index in [2.05, 4.69) is 10.1 Å². The molecule has 3 rings (SSSR count). The number of amides is 1. The summed E-state index contributed by atoms with van der Waals surface area (Å²) in [6, 6.07) is 9.65. The Morgan fingerprint density at radius 2 is 2.03 bits per heavy atom. The number of carbonyl (C=O) groups excluding carboxylic acids is 1. The smallest absolute Gasteiger partial charge is 0.270 e. The van der Waals surface area contributed by atoms with Crippen LogP contribution in [-0.4, -0.2) is 32.4 Å². The summed E-state index contributed by atoms with van der Waals surface area (Å²) in [6.07, 6.45) is 2.33. The first-order valence-electron chi connectivity index (χ1n) is 9.59. The van der Waals surface area contributed by atoms with Crippen LogP contribution < -0.4 is 0 Å². The Labute approximate surface area is 173 Å². The normalized spacial score (nSPS) is 11.4. The van der Waals surface area contributed by atoms with Crippen molar-refractivity contribution in [2.75, 3.05) is 6.54 Å². The summed E-state index contributed by atoms with van der Waals surface area (Å²) in [6.45, 7) is 6.78. The van der Waals surface area contributed by atoms with E-state index in [1.54, 1.807) is 29.4 Å². The number of non-ortho nitro benzene ring substituents is 1. The van der Waals surface area contributed by atoms with Crippen LogP contribution in [0.5, 0.6) is 0 Å². The molecule has 1 aromatic carbocycles. The van der Waals surface area contributed by atoms with Gasteiger partial charge < -0.3 is 13.8 Å². The zero-order valence-electron chi connectivity index (χ0n) is 17.2. The predicted octanol–water partition coefficient (Wildman–Crippen LogP) is 4.25. The zero-order chi connectivity index (χ0) is 21.7. The first-order chi connectivity index (χ1) is 14.2. The lowest BCUT2D eigenvalue weighted by Crippen LogP contribution is -2.34. The highest BCUT2D eigenvalue weighted by atomic mass is 16.6. The molecule has 0 radical (unpaired) electrons. The number of benzene rings is 1. The minimum absolute atomic E-state index is 0.0114. The van der Waals surface area contributed by atoms with E-state index in [1.165, 1.54) is 12.1 Å². The minimum atomic E-state index is -0.474. The van der Waals surface area contributed by atoms with E-state index in [1.807, 2.05) is 26.8 Å². The van der Waals surface area contributed by atoms with Crippen LogP contribution in [0.2, 0.25) is 0 Å². The van der Waals surface area contributed by atoms with E-state index in [-0.39, 0.29) is 22.8 Å². The van der Waals surface area contributed by atoms with Gasteiger partial charge in [0.2, 0.25) is 17.6 Å². The van der Waals surface area contributed by atoms with E-state index >= 15 is 0 Å². The fourth-order valence-electron chi connectivity index (χ4n) is 2.91. The summed E-state index contributed by atoms with van der Waals surface area (Å²) < 4.78 is 10.7. The van der Waals surface area contributed by atoms with Gasteiger partial charge in [0.05, 0.1) is 17.7 Å². The van der Waals surface area contributed by atoms with Crippen molar-refractivity contribution in [3.8, 4) is 11.4 Å². The lowest BCUT2D eigenvalue weighted by molar-refractivity contribution is -0.384. The van der Waals surface area contributed by atoms with E-state index in [9.17, 15) is 14.9 Å². The second-order valence-electron chi connectivity index (χ2n) is 8.20. The Balaban J connectivity index is 1.70. The van der Waals surface area contributed by atoms with Crippen LogP contribution in [0.15, 0.2) is 51.6 Å². The maximum Gasteiger partial charge on any atom is 0.270 e. The molecule has 0 fully saturated rings. The quantitative estimate of drug-likeness (QED) is 0.401. The Morgan fingerprint density at radius 3 is 2.70 bits per heavy atom. The van der Waals surface area contributed by atoms with Crippen molar-refractivity contribution >= 4 is 11.6 Å². The number of carbonyl (C=O) groups is 1. The fraction of sp³-hybridized carbons (Fsp3) is 0.381. The Bertz CT molecular complexity index is 1000. The van der Waals surface area contributed by atoms with Gasteiger partial charge in [0, 0.05) is 37.1 Å². The summed E-state index contributed by atoms with van der Waals surface area (Å²) in [7, 11) is 0. The van der Waals surface area contributed by atoms with Crippen molar-refractivity contribution < 1.29 is 18.7 Å². The summed E-state index contributed by atoms with van der Waals surface area (Å²) in [5.74, 6) is 1.33. The largest absolute Gasteiger partial charge is 0.467 e. The van der Waals surface area contributed by atoms with Crippen LogP contribution in [0.1, 0.15) is 38.8 Å².